The summed E-state index contributed by atoms with van der Waals surface area (Å²) < 4.78 is 4.75. The molecule has 0 atom stereocenters. The second-order valence-electron chi connectivity index (χ2n) is 2.35. The number of ether oxygens (including phenoxy) is 1. The molecule has 0 unspecified atom stereocenters. The molecule has 0 saturated heterocycles. The lowest BCUT2D eigenvalue weighted by Crippen LogP contribution is -2.42. The van der Waals surface area contributed by atoms with Gasteiger partial charge in [0.15, 0.2) is 0 Å². The average Bonchev–Trinajstić information content (AvgIpc) is 2.66. The van der Waals surface area contributed by atoms with Crippen LogP contribution in [0.2, 0.25) is 0 Å². The molecule has 0 bridgehead atoms. The minimum Gasteiger partial charge on any atom is -0.383 e. The van der Waals surface area contributed by atoms with Gasteiger partial charge in [0.05, 0.1) is 13.2 Å². The number of aromatic amines is 1. The number of rotatable bonds is 4. The first-order valence-electron chi connectivity index (χ1n) is 3.79. The minimum absolute atomic E-state index is 0.0721. The van der Waals surface area contributed by atoms with Crippen molar-refractivity contribution in [1.82, 2.24) is 25.6 Å². The van der Waals surface area contributed by atoms with Crippen LogP contribution in [0.3, 0.4) is 0 Å². The van der Waals surface area contributed by atoms with Crippen molar-refractivity contribution >= 4 is 12.0 Å². The van der Waals surface area contributed by atoms with E-state index in [1.54, 1.807) is 0 Å². The third-order valence-corrected chi connectivity index (χ3v) is 1.36. The van der Waals surface area contributed by atoms with E-state index in [-0.39, 0.29) is 12.5 Å². The number of carbonyl (C=O) groups excluding carboxylic acids is 1. The molecule has 78 valence electrons. The highest BCUT2D eigenvalue weighted by atomic mass is 16.5. The van der Waals surface area contributed by atoms with Crippen LogP contribution in [0.1, 0.15) is 0 Å². The zero-order valence-corrected chi connectivity index (χ0v) is 7.60. The molecule has 0 saturated carbocycles. The number of urea groups is 1. The van der Waals surface area contributed by atoms with Crippen LogP contribution in [0.4, 0.5) is 10.7 Å². The zero-order valence-electron chi connectivity index (χ0n) is 7.60. The maximum Gasteiger partial charge on any atom is 0.338 e. The van der Waals surface area contributed by atoms with E-state index in [9.17, 15) is 4.79 Å². The first-order chi connectivity index (χ1) is 6.74. The summed E-state index contributed by atoms with van der Waals surface area (Å²) >= 11 is 0. The predicted molar refractivity (Wildman–Crippen MR) is 46.0 cm³/mol. The lowest BCUT2D eigenvalue weighted by Gasteiger charge is -2.14. The average molecular weight is 201 g/mol. The Balaban J connectivity index is 2.34. The van der Waals surface area contributed by atoms with Gasteiger partial charge in [-0.15, -0.1) is 5.10 Å². The number of nitrogens with zero attached hydrogens (tertiary/aromatic N) is 4. The highest BCUT2D eigenvalue weighted by Crippen LogP contribution is 1.92. The molecule has 0 aromatic carbocycles. The van der Waals surface area contributed by atoms with Crippen molar-refractivity contribution in [2.24, 2.45) is 5.84 Å². The number of hydrazine groups is 1. The number of hydrogen-bond donors (Lipinski definition) is 3. The van der Waals surface area contributed by atoms with Crippen molar-refractivity contribution < 1.29 is 9.53 Å². The lowest BCUT2D eigenvalue weighted by molar-refractivity contribution is 0.156. The Labute approximate surface area is 79.6 Å². The maximum absolute atomic E-state index is 11.2. The van der Waals surface area contributed by atoms with Gasteiger partial charge in [0.25, 0.3) is 5.95 Å². The van der Waals surface area contributed by atoms with Gasteiger partial charge >= 0.3 is 6.03 Å². The number of nitrogens with two attached hydrogens (primary N) is 1. The summed E-state index contributed by atoms with van der Waals surface area (Å²) in [5.41, 5.74) is 0. The summed E-state index contributed by atoms with van der Waals surface area (Å²) in [4.78, 5) is 11.2. The molecule has 1 rings (SSSR count). The Morgan fingerprint density at radius 3 is 3.14 bits per heavy atom. The van der Waals surface area contributed by atoms with E-state index in [2.05, 4.69) is 25.9 Å². The Morgan fingerprint density at radius 2 is 2.57 bits per heavy atom. The molecular weight excluding hydrogens is 190 g/mol. The molecule has 0 aliphatic heterocycles. The minimum atomic E-state index is -0.525. The van der Waals surface area contributed by atoms with Crippen LogP contribution in [0, 0.1) is 0 Å². The van der Waals surface area contributed by atoms with Gasteiger partial charge in [-0.2, -0.15) is 5.21 Å². The number of methoxy groups -OCH3 is 1. The molecule has 9 nitrogen and oxygen atoms in total. The molecule has 4 N–H and O–H groups in total. The standard InChI is InChI=1S/C5H11N7O2/c1-14-3-2-12(6)5(13)7-4-8-10-11-9-4/h2-3,6H2,1H3,(H2,7,8,9,10,11,13). The smallest absolute Gasteiger partial charge is 0.338 e. The van der Waals surface area contributed by atoms with Crippen molar-refractivity contribution in [3.63, 3.8) is 0 Å². The van der Waals surface area contributed by atoms with Crippen molar-refractivity contribution in [3.05, 3.63) is 0 Å². The third-order valence-electron chi connectivity index (χ3n) is 1.36. The quantitative estimate of drug-likeness (QED) is 0.311. The first kappa shape index (κ1) is 10.3. The monoisotopic (exact) mass is 201 g/mol. The number of tetrazole rings is 1. The van der Waals surface area contributed by atoms with Gasteiger partial charge < -0.3 is 4.74 Å². The molecule has 1 aromatic heterocycles. The molecule has 0 aliphatic carbocycles. The number of hydrogen-bond acceptors (Lipinski definition) is 6. The second kappa shape index (κ2) is 5.09. The van der Waals surface area contributed by atoms with Gasteiger partial charge in [0, 0.05) is 7.11 Å². The molecule has 2 amide bonds. The number of H-pyrrole nitrogens is 1. The fourth-order valence-electron chi connectivity index (χ4n) is 0.673. The van der Waals surface area contributed by atoms with Gasteiger partial charge in [-0.3, -0.25) is 10.3 Å². The predicted octanol–water partition coefficient (Wildman–Crippen LogP) is -1.45. The number of carbonyl (C=O) groups is 1. The van der Waals surface area contributed by atoms with E-state index in [0.29, 0.717) is 6.61 Å². The molecule has 1 aromatic rings. The van der Waals surface area contributed by atoms with Crippen LogP contribution in [0.15, 0.2) is 0 Å². The Bertz CT molecular complexity index is 274. The van der Waals surface area contributed by atoms with Gasteiger partial charge in [-0.25, -0.2) is 10.6 Å². The summed E-state index contributed by atoms with van der Waals surface area (Å²) in [6.07, 6.45) is 0. The van der Waals surface area contributed by atoms with E-state index in [0.717, 1.165) is 5.01 Å². The SMILES string of the molecule is COCCN(N)C(=O)Nc1nn[nH]n1. The van der Waals surface area contributed by atoms with E-state index in [1.165, 1.54) is 7.11 Å². The Kier molecular flexibility index (Phi) is 3.76. The Morgan fingerprint density at radius 1 is 1.79 bits per heavy atom. The number of nitrogens with one attached hydrogen (secondary N) is 2. The molecule has 0 aliphatic rings. The van der Waals surface area contributed by atoms with E-state index < -0.39 is 6.03 Å². The van der Waals surface area contributed by atoms with Crippen LogP contribution in [-0.4, -0.2) is 51.9 Å². The summed E-state index contributed by atoms with van der Waals surface area (Å²) in [5, 5.41) is 15.8. The van der Waals surface area contributed by atoms with Gasteiger partial charge in [0.2, 0.25) is 0 Å². The fraction of sp³-hybridized carbons (Fsp3) is 0.600. The van der Waals surface area contributed by atoms with Gasteiger partial charge in [-0.1, -0.05) is 5.10 Å². The number of anilines is 1. The normalized spacial score (nSPS) is 9.86. The maximum atomic E-state index is 11.2. The van der Waals surface area contributed by atoms with Gasteiger partial charge in [-0.05, 0) is 5.21 Å². The largest absolute Gasteiger partial charge is 0.383 e. The van der Waals surface area contributed by atoms with Crippen molar-refractivity contribution in [3.8, 4) is 0 Å². The first-order valence-corrected chi connectivity index (χ1v) is 3.79. The topological polar surface area (TPSA) is 122 Å². The lowest BCUT2D eigenvalue weighted by atomic mass is 10.6. The highest BCUT2D eigenvalue weighted by molar-refractivity contribution is 5.86. The molecule has 0 fully saturated rings. The summed E-state index contributed by atoms with van der Waals surface area (Å²) in [5.74, 6) is 5.45. The summed E-state index contributed by atoms with van der Waals surface area (Å²) in [6, 6.07) is -0.525. The van der Waals surface area contributed by atoms with Crippen LogP contribution in [0.5, 0.6) is 0 Å². The highest BCUT2D eigenvalue weighted by Gasteiger charge is 2.10. The van der Waals surface area contributed by atoms with Crippen LogP contribution in [0.25, 0.3) is 0 Å². The Hall–Kier alpha value is -1.74. The summed E-state index contributed by atoms with van der Waals surface area (Å²) in [6.45, 7) is 0.635. The fourth-order valence-corrected chi connectivity index (χ4v) is 0.673. The molecule has 14 heavy (non-hydrogen) atoms. The molecule has 1 heterocycles. The second-order valence-corrected chi connectivity index (χ2v) is 2.35. The molecule has 0 spiro atoms. The van der Waals surface area contributed by atoms with Crippen molar-refractivity contribution in [1.29, 1.82) is 0 Å². The van der Waals surface area contributed by atoms with Gasteiger partial charge in [0.1, 0.15) is 0 Å². The van der Waals surface area contributed by atoms with E-state index >= 15 is 0 Å². The zero-order chi connectivity index (χ0) is 10.4. The van der Waals surface area contributed by atoms with E-state index in [1.807, 2.05) is 0 Å². The van der Waals surface area contributed by atoms with Crippen LogP contribution < -0.4 is 11.2 Å². The van der Waals surface area contributed by atoms with Crippen molar-refractivity contribution in [2.45, 2.75) is 0 Å². The third kappa shape index (κ3) is 2.95. The van der Waals surface area contributed by atoms with E-state index in [4.69, 9.17) is 10.6 Å². The number of aromatic nitrogens is 4. The van der Waals surface area contributed by atoms with Crippen LogP contribution in [-0.2, 0) is 4.74 Å². The molecule has 0 radical (unpaired) electrons. The molecular formula is C5H11N7O2. The van der Waals surface area contributed by atoms with Crippen LogP contribution >= 0.6 is 0 Å². The summed E-state index contributed by atoms with van der Waals surface area (Å²) in [7, 11) is 1.52. The molecule has 9 heteroatoms. The number of amides is 2. The van der Waals surface area contributed by atoms with Crippen molar-refractivity contribution in [2.75, 3.05) is 25.6 Å².